The van der Waals surface area contributed by atoms with Crippen molar-refractivity contribution in [1.29, 1.82) is 0 Å². The molecule has 0 radical (unpaired) electrons. The SMILES string of the molecule is CN(CCCNC(=O)c1ccc2c(c1)N(Cc1ccc(F)cc1)C(=O)/C(=C/c1ccccc1)S2)c1ccccc1. The Bertz CT molecular complexity index is 1510. The summed E-state index contributed by atoms with van der Waals surface area (Å²) < 4.78 is 13.5. The predicted molar refractivity (Wildman–Crippen MR) is 161 cm³/mol. The number of hydrogen-bond acceptors (Lipinski definition) is 4. The smallest absolute Gasteiger partial charge is 0.265 e. The van der Waals surface area contributed by atoms with Crippen LogP contribution >= 0.6 is 11.8 Å². The first kappa shape index (κ1) is 27.2. The Hall–Kier alpha value is -4.36. The Balaban J connectivity index is 1.33. The summed E-state index contributed by atoms with van der Waals surface area (Å²) in [5, 5.41) is 3.01. The van der Waals surface area contributed by atoms with Crippen LogP contribution in [-0.4, -0.2) is 32.0 Å². The number of para-hydroxylation sites is 1. The van der Waals surface area contributed by atoms with E-state index in [1.165, 1.54) is 23.9 Å². The van der Waals surface area contributed by atoms with Gasteiger partial charge in [-0.2, -0.15) is 0 Å². The van der Waals surface area contributed by atoms with Crippen LogP contribution in [0.3, 0.4) is 0 Å². The monoisotopic (exact) mass is 551 g/mol. The summed E-state index contributed by atoms with van der Waals surface area (Å²) >= 11 is 1.39. The van der Waals surface area contributed by atoms with Crippen molar-refractivity contribution in [3.8, 4) is 0 Å². The van der Waals surface area contributed by atoms with Gasteiger partial charge >= 0.3 is 0 Å². The fraction of sp³-hybridized carbons (Fsp3) is 0.152. The molecule has 0 spiro atoms. The average molecular weight is 552 g/mol. The number of amides is 2. The lowest BCUT2D eigenvalue weighted by Crippen LogP contribution is -2.34. The maximum atomic E-state index is 13.7. The highest BCUT2D eigenvalue weighted by Crippen LogP contribution is 2.43. The minimum Gasteiger partial charge on any atom is -0.375 e. The van der Waals surface area contributed by atoms with Crippen molar-refractivity contribution >= 4 is 41.0 Å². The molecule has 2 amide bonds. The van der Waals surface area contributed by atoms with Gasteiger partial charge in [-0.1, -0.05) is 72.4 Å². The maximum absolute atomic E-state index is 13.7. The highest BCUT2D eigenvalue weighted by molar-refractivity contribution is 8.04. The molecule has 1 aliphatic heterocycles. The Morgan fingerprint density at radius 2 is 1.65 bits per heavy atom. The van der Waals surface area contributed by atoms with Crippen molar-refractivity contribution < 1.29 is 14.0 Å². The number of carbonyl (C=O) groups is 2. The minimum atomic E-state index is -0.330. The van der Waals surface area contributed by atoms with Crippen LogP contribution in [0.5, 0.6) is 0 Å². The summed E-state index contributed by atoms with van der Waals surface area (Å²) in [4.78, 5) is 32.0. The second-order valence-electron chi connectivity index (χ2n) is 9.59. The van der Waals surface area contributed by atoms with Gasteiger partial charge in [0.25, 0.3) is 11.8 Å². The molecule has 4 aromatic carbocycles. The molecule has 0 aliphatic carbocycles. The lowest BCUT2D eigenvalue weighted by Gasteiger charge is -2.31. The molecule has 5 rings (SSSR count). The van der Waals surface area contributed by atoms with E-state index in [1.807, 2.05) is 67.7 Å². The molecule has 5 nitrogen and oxygen atoms in total. The van der Waals surface area contributed by atoms with E-state index in [-0.39, 0.29) is 24.2 Å². The topological polar surface area (TPSA) is 52.7 Å². The minimum absolute atomic E-state index is 0.160. The standard InChI is InChI=1S/C33H30FN3O2S/c1-36(28-11-6-3-7-12-28)20-8-19-35-32(38)26-15-18-30-29(22-26)37(23-25-13-16-27(34)17-14-25)33(39)31(40-30)21-24-9-4-2-5-10-24/h2-7,9-18,21-22H,8,19-20,23H2,1H3,(H,35,38)/b31-21-. The van der Waals surface area contributed by atoms with Gasteiger partial charge in [-0.3, -0.25) is 9.59 Å². The molecule has 1 N–H and O–H groups in total. The van der Waals surface area contributed by atoms with Gasteiger partial charge in [0, 0.05) is 36.3 Å². The van der Waals surface area contributed by atoms with Crippen molar-refractivity contribution in [3.63, 3.8) is 0 Å². The number of benzene rings is 4. The summed E-state index contributed by atoms with van der Waals surface area (Å²) in [6.07, 6.45) is 2.67. The largest absolute Gasteiger partial charge is 0.375 e. The summed E-state index contributed by atoms with van der Waals surface area (Å²) in [6.45, 7) is 1.60. The molecular weight excluding hydrogens is 521 g/mol. The fourth-order valence-corrected chi connectivity index (χ4v) is 5.55. The van der Waals surface area contributed by atoms with Crippen molar-refractivity contribution in [2.45, 2.75) is 17.9 Å². The van der Waals surface area contributed by atoms with E-state index in [4.69, 9.17) is 0 Å². The van der Waals surface area contributed by atoms with Gasteiger partial charge < -0.3 is 15.1 Å². The number of anilines is 2. The first-order valence-corrected chi connectivity index (χ1v) is 14.0. The molecule has 40 heavy (non-hydrogen) atoms. The highest BCUT2D eigenvalue weighted by atomic mass is 32.2. The van der Waals surface area contributed by atoms with E-state index in [2.05, 4.69) is 22.3 Å². The summed E-state index contributed by atoms with van der Waals surface area (Å²) in [6, 6.07) is 31.4. The summed E-state index contributed by atoms with van der Waals surface area (Å²) in [7, 11) is 2.03. The number of halogens is 1. The lowest BCUT2D eigenvalue weighted by atomic mass is 10.1. The maximum Gasteiger partial charge on any atom is 0.265 e. The van der Waals surface area contributed by atoms with Gasteiger partial charge in [0.15, 0.2) is 0 Å². The van der Waals surface area contributed by atoms with E-state index in [1.54, 1.807) is 29.2 Å². The van der Waals surface area contributed by atoms with Crippen LogP contribution in [0.4, 0.5) is 15.8 Å². The zero-order chi connectivity index (χ0) is 27.9. The molecule has 1 heterocycles. The third-order valence-corrected chi connectivity index (χ3v) is 7.77. The first-order chi connectivity index (χ1) is 19.5. The predicted octanol–water partition coefficient (Wildman–Crippen LogP) is 6.76. The molecule has 0 fully saturated rings. The van der Waals surface area contributed by atoms with Crippen molar-refractivity contribution in [2.24, 2.45) is 0 Å². The number of nitrogens with zero attached hydrogens (tertiary/aromatic N) is 2. The van der Waals surface area contributed by atoms with Crippen molar-refractivity contribution in [2.75, 3.05) is 29.9 Å². The van der Waals surface area contributed by atoms with Gasteiger partial charge in [-0.15, -0.1) is 0 Å². The van der Waals surface area contributed by atoms with Gasteiger partial charge in [-0.25, -0.2) is 4.39 Å². The van der Waals surface area contributed by atoms with Crippen molar-refractivity contribution in [3.05, 3.63) is 131 Å². The molecule has 0 atom stereocenters. The van der Waals surface area contributed by atoms with E-state index in [9.17, 15) is 14.0 Å². The van der Waals surface area contributed by atoms with Crippen molar-refractivity contribution in [1.82, 2.24) is 5.32 Å². The highest BCUT2D eigenvalue weighted by Gasteiger charge is 2.30. The normalized spacial score (nSPS) is 13.7. The van der Waals surface area contributed by atoms with E-state index >= 15 is 0 Å². The van der Waals surface area contributed by atoms with Gasteiger partial charge in [0.2, 0.25) is 0 Å². The van der Waals surface area contributed by atoms with Crippen LogP contribution in [0, 0.1) is 5.82 Å². The quantitative estimate of drug-likeness (QED) is 0.184. The fourth-order valence-electron chi connectivity index (χ4n) is 4.51. The van der Waals surface area contributed by atoms with Crippen LogP contribution in [0.25, 0.3) is 6.08 Å². The molecule has 4 aromatic rings. The third kappa shape index (κ3) is 6.61. The summed E-state index contributed by atoms with van der Waals surface area (Å²) in [5.74, 6) is -0.676. The van der Waals surface area contributed by atoms with Gasteiger partial charge in [0.05, 0.1) is 17.1 Å². The third-order valence-electron chi connectivity index (χ3n) is 6.69. The number of rotatable bonds is 9. The second-order valence-corrected chi connectivity index (χ2v) is 10.7. The van der Waals surface area contributed by atoms with Crippen LogP contribution in [0.1, 0.15) is 27.9 Å². The molecule has 0 saturated carbocycles. The van der Waals surface area contributed by atoms with Crippen LogP contribution in [-0.2, 0) is 11.3 Å². The molecule has 202 valence electrons. The Labute approximate surface area is 238 Å². The summed E-state index contributed by atoms with van der Waals surface area (Å²) in [5.41, 5.74) is 4.01. The molecule has 0 aromatic heterocycles. The molecule has 0 saturated heterocycles. The Morgan fingerprint density at radius 3 is 2.38 bits per heavy atom. The zero-order valence-corrected chi connectivity index (χ0v) is 23.0. The Kier molecular flexibility index (Phi) is 8.62. The average Bonchev–Trinajstić information content (AvgIpc) is 2.99. The second kappa shape index (κ2) is 12.7. The number of fused-ring (bicyclic) bond motifs is 1. The molecule has 0 unspecified atom stereocenters. The first-order valence-electron chi connectivity index (χ1n) is 13.2. The van der Waals surface area contributed by atoms with Crippen LogP contribution in [0.2, 0.25) is 0 Å². The molecule has 0 bridgehead atoms. The molecule has 7 heteroatoms. The Morgan fingerprint density at radius 1 is 0.950 bits per heavy atom. The number of hydrogen-bond donors (Lipinski definition) is 1. The van der Waals surface area contributed by atoms with Gasteiger partial charge in [-0.05, 0) is 66.1 Å². The zero-order valence-electron chi connectivity index (χ0n) is 22.2. The number of thioether (sulfide) groups is 1. The van der Waals surface area contributed by atoms with E-state index in [0.717, 1.165) is 34.7 Å². The van der Waals surface area contributed by atoms with E-state index < -0.39 is 0 Å². The van der Waals surface area contributed by atoms with Crippen LogP contribution in [0.15, 0.2) is 113 Å². The number of nitrogens with one attached hydrogen (secondary N) is 1. The van der Waals surface area contributed by atoms with Gasteiger partial charge in [0.1, 0.15) is 5.82 Å². The van der Waals surface area contributed by atoms with Crippen LogP contribution < -0.4 is 15.1 Å². The van der Waals surface area contributed by atoms with E-state index in [0.29, 0.717) is 22.7 Å². The molecule has 1 aliphatic rings. The number of carbonyl (C=O) groups excluding carboxylic acids is 2. The molecular formula is C33H30FN3O2S. The lowest BCUT2D eigenvalue weighted by molar-refractivity contribution is -0.114.